The molecule has 0 spiro atoms. The second-order valence-electron chi connectivity index (χ2n) is 4.82. The molecule has 2 aromatic rings. The summed E-state index contributed by atoms with van der Waals surface area (Å²) in [6, 6.07) is 10.1. The molecule has 0 aliphatic carbocycles. The fourth-order valence-corrected chi connectivity index (χ4v) is 1.81. The third-order valence-corrected chi connectivity index (χ3v) is 3.11. The van der Waals surface area contributed by atoms with E-state index in [4.69, 9.17) is 4.74 Å². The fourth-order valence-electron chi connectivity index (χ4n) is 1.81. The lowest BCUT2D eigenvalue weighted by atomic mass is 10.2. The molecule has 5 heteroatoms. The Morgan fingerprint density at radius 2 is 1.81 bits per heavy atom. The summed E-state index contributed by atoms with van der Waals surface area (Å²) < 4.78 is 5.42. The molecular weight excluding hydrogens is 264 g/mol. The van der Waals surface area contributed by atoms with Crippen molar-refractivity contribution >= 4 is 17.3 Å². The van der Waals surface area contributed by atoms with Gasteiger partial charge in [0.15, 0.2) is 0 Å². The summed E-state index contributed by atoms with van der Waals surface area (Å²) in [6.07, 6.45) is 2.60. The number of aromatic nitrogens is 2. The Hall–Kier alpha value is -2.30. The summed E-state index contributed by atoms with van der Waals surface area (Å²) >= 11 is 0. The first-order chi connectivity index (χ1) is 10.2. The van der Waals surface area contributed by atoms with Gasteiger partial charge in [0.05, 0.1) is 6.61 Å². The minimum Gasteiger partial charge on any atom is -0.494 e. The summed E-state index contributed by atoms with van der Waals surface area (Å²) in [4.78, 5) is 8.46. The molecule has 5 nitrogen and oxygen atoms in total. The summed E-state index contributed by atoms with van der Waals surface area (Å²) in [5.74, 6) is 2.46. The van der Waals surface area contributed by atoms with Crippen LogP contribution in [0.4, 0.5) is 17.3 Å². The average Bonchev–Trinajstić information content (AvgIpc) is 2.50. The van der Waals surface area contributed by atoms with Crippen LogP contribution in [0.25, 0.3) is 0 Å². The number of ether oxygens (including phenoxy) is 1. The van der Waals surface area contributed by atoms with Crippen LogP contribution in [0.15, 0.2) is 36.7 Å². The minimum atomic E-state index is 0.387. The zero-order valence-corrected chi connectivity index (χ0v) is 12.8. The Morgan fingerprint density at radius 3 is 2.48 bits per heavy atom. The van der Waals surface area contributed by atoms with Gasteiger partial charge < -0.3 is 15.4 Å². The van der Waals surface area contributed by atoms with Crippen molar-refractivity contribution in [2.75, 3.05) is 17.2 Å². The second kappa shape index (κ2) is 7.47. The van der Waals surface area contributed by atoms with Gasteiger partial charge in [0.25, 0.3) is 0 Å². The molecule has 1 heterocycles. The standard InChI is InChI=1S/C16H22N4O/c1-4-12(3)19-15-10-16(18-11-17-15)20-13-6-8-14(9-7-13)21-5-2/h6-12H,4-5H2,1-3H3,(H2,17,18,19,20). The second-order valence-corrected chi connectivity index (χ2v) is 4.82. The van der Waals surface area contributed by atoms with Crippen molar-refractivity contribution < 1.29 is 4.74 Å². The summed E-state index contributed by atoms with van der Waals surface area (Å²) in [7, 11) is 0. The largest absolute Gasteiger partial charge is 0.494 e. The van der Waals surface area contributed by atoms with E-state index in [0.717, 1.165) is 29.5 Å². The van der Waals surface area contributed by atoms with Crippen LogP contribution < -0.4 is 15.4 Å². The van der Waals surface area contributed by atoms with Crippen molar-refractivity contribution in [3.05, 3.63) is 36.7 Å². The van der Waals surface area contributed by atoms with Gasteiger partial charge >= 0.3 is 0 Å². The molecule has 0 fully saturated rings. The van der Waals surface area contributed by atoms with Crippen LogP contribution in [0.1, 0.15) is 27.2 Å². The lowest BCUT2D eigenvalue weighted by Gasteiger charge is -2.13. The molecule has 0 radical (unpaired) electrons. The normalized spacial score (nSPS) is 11.8. The Balaban J connectivity index is 2.03. The first kappa shape index (κ1) is 15.1. The number of rotatable bonds is 7. The maximum atomic E-state index is 5.42. The zero-order chi connectivity index (χ0) is 15.1. The van der Waals surface area contributed by atoms with Crippen molar-refractivity contribution in [1.29, 1.82) is 0 Å². The lowest BCUT2D eigenvalue weighted by Crippen LogP contribution is -2.14. The first-order valence-electron chi connectivity index (χ1n) is 7.29. The molecule has 2 rings (SSSR count). The number of nitrogens with zero attached hydrogens (tertiary/aromatic N) is 2. The molecule has 1 aromatic heterocycles. The van der Waals surface area contributed by atoms with Crippen LogP contribution in [-0.2, 0) is 0 Å². The number of hydrogen-bond donors (Lipinski definition) is 2. The SMILES string of the molecule is CCOc1ccc(Nc2cc(NC(C)CC)ncn2)cc1. The molecular formula is C16H22N4O. The summed E-state index contributed by atoms with van der Waals surface area (Å²) in [5, 5.41) is 6.59. The average molecular weight is 286 g/mol. The maximum Gasteiger partial charge on any atom is 0.135 e. The van der Waals surface area contributed by atoms with Gasteiger partial charge in [-0.1, -0.05) is 6.92 Å². The van der Waals surface area contributed by atoms with Gasteiger partial charge in [-0.2, -0.15) is 0 Å². The van der Waals surface area contributed by atoms with Gasteiger partial charge in [-0.3, -0.25) is 0 Å². The van der Waals surface area contributed by atoms with Gasteiger partial charge in [-0.15, -0.1) is 0 Å². The Bertz CT molecular complexity index is 556. The van der Waals surface area contributed by atoms with E-state index in [1.807, 2.05) is 37.3 Å². The molecule has 0 saturated carbocycles. The Morgan fingerprint density at radius 1 is 1.10 bits per heavy atom. The molecule has 1 unspecified atom stereocenters. The van der Waals surface area contributed by atoms with Crippen LogP contribution in [0.2, 0.25) is 0 Å². The van der Waals surface area contributed by atoms with Crippen LogP contribution in [0.3, 0.4) is 0 Å². The van der Waals surface area contributed by atoms with Gasteiger partial charge in [-0.05, 0) is 44.5 Å². The highest BCUT2D eigenvalue weighted by atomic mass is 16.5. The first-order valence-corrected chi connectivity index (χ1v) is 7.29. The van der Waals surface area contributed by atoms with E-state index in [0.29, 0.717) is 12.6 Å². The van der Waals surface area contributed by atoms with E-state index in [1.54, 1.807) is 6.33 Å². The number of hydrogen-bond acceptors (Lipinski definition) is 5. The quantitative estimate of drug-likeness (QED) is 0.810. The molecule has 0 bridgehead atoms. The van der Waals surface area contributed by atoms with Crippen LogP contribution in [-0.4, -0.2) is 22.6 Å². The van der Waals surface area contributed by atoms with E-state index < -0.39 is 0 Å². The van der Waals surface area contributed by atoms with Crippen molar-refractivity contribution in [3.63, 3.8) is 0 Å². The van der Waals surface area contributed by atoms with Crippen LogP contribution in [0.5, 0.6) is 5.75 Å². The van der Waals surface area contributed by atoms with Crippen molar-refractivity contribution in [2.45, 2.75) is 33.2 Å². The van der Waals surface area contributed by atoms with Gasteiger partial charge in [0, 0.05) is 17.8 Å². The number of nitrogens with one attached hydrogen (secondary N) is 2. The van der Waals surface area contributed by atoms with Crippen molar-refractivity contribution in [3.8, 4) is 5.75 Å². The minimum absolute atomic E-state index is 0.387. The van der Waals surface area contributed by atoms with E-state index in [2.05, 4.69) is 34.4 Å². The maximum absolute atomic E-state index is 5.42. The lowest BCUT2D eigenvalue weighted by molar-refractivity contribution is 0.340. The van der Waals surface area contributed by atoms with Gasteiger partial charge in [0.2, 0.25) is 0 Å². The van der Waals surface area contributed by atoms with Crippen molar-refractivity contribution in [1.82, 2.24) is 9.97 Å². The molecule has 21 heavy (non-hydrogen) atoms. The zero-order valence-electron chi connectivity index (χ0n) is 12.8. The predicted octanol–water partition coefficient (Wildman–Crippen LogP) is 3.83. The molecule has 0 saturated heterocycles. The molecule has 2 N–H and O–H groups in total. The molecule has 1 atom stereocenters. The molecule has 0 amide bonds. The van der Waals surface area contributed by atoms with E-state index in [-0.39, 0.29) is 0 Å². The van der Waals surface area contributed by atoms with Crippen LogP contribution >= 0.6 is 0 Å². The summed E-state index contributed by atoms with van der Waals surface area (Å²) in [5.41, 5.74) is 0.964. The highest BCUT2D eigenvalue weighted by Crippen LogP contribution is 2.20. The van der Waals surface area contributed by atoms with Crippen molar-refractivity contribution in [2.24, 2.45) is 0 Å². The Labute approximate surface area is 125 Å². The van der Waals surface area contributed by atoms with Gasteiger partial charge in [0.1, 0.15) is 23.7 Å². The molecule has 0 aliphatic heterocycles. The predicted molar refractivity (Wildman–Crippen MR) is 86.3 cm³/mol. The highest BCUT2D eigenvalue weighted by molar-refractivity contribution is 5.59. The summed E-state index contributed by atoms with van der Waals surface area (Å²) in [6.45, 7) is 6.90. The molecule has 0 aliphatic rings. The van der Waals surface area contributed by atoms with E-state index >= 15 is 0 Å². The molecule has 112 valence electrons. The third kappa shape index (κ3) is 4.63. The number of benzene rings is 1. The monoisotopic (exact) mass is 286 g/mol. The third-order valence-electron chi connectivity index (χ3n) is 3.11. The fraction of sp³-hybridized carbons (Fsp3) is 0.375. The smallest absolute Gasteiger partial charge is 0.135 e. The van der Waals surface area contributed by atoms with Gasteiger partial charge in [-0.25, -0.2) is 9.97 Å². The van der Waals surface area contributed by atoms with E-state index in [9.17, 15) is 0 Å². The highest BCUT2D eigenvalue weighted by Gasteiger charge is 2.03. The molecule has 1 aromatic carbocycles. The van der Waals surface area contributed by atoms with E-state index in [1.165, 1.54) is 0 Å². The number of anilines is 3. The van der Waals surface area contributed by atoms with Crippen LogP contribution in [0, 0.1) is 0 Å². The topological polar surface area (TPSA) is 59.1 Å². The Kier molecular flexibility index (Phi) is 5.37.